The van der Waals surface area contributed by atoms with Crippen molar-refractivity contribution in [3.8, 4) is 0 Å². The van der Waals surface area contributed by atoms with E-state index in [0.717, 1.165) is 6.42 Å². The molecule has 1 aromatic heterocycles. The van der Waals surface area contributed by atoms with Gasteiger partial charge in [-0.2, -0.15) is 4.98 Å². The Labute approximate surface area is 116 Å². The van der Waals surface area contributed by atoms with Gasteiger partial charge in [0.05, 0.1) is 13.3 Å². The topological polar surface area (TPSA) is 115 Å². The fourth-order valence-corrected chi connectivity index (χ4v) is 1.93. The van der Waals surface area contributed by atoms with Crippen LogP contribution in [0.2, 0.25) is 0 Å². The van der Waals surface area contributed by atoms with Crippen molar-refractivity contribution in [3.63, 3.8) is 0 Å². The van der Waals surface area contributed by atoms with Crippen molar-refractivity contribution in [1.29, 1.82) is 0 Å². The third-order valence-corrected chi connectivity index (χ3v) is 2.83. The molecule has 2 heterocycles. The van der Waals surface area contributed by atoms with Crippen LogP contribution >= 0.6 is 0 Å². The van der Waals surface area contributed by atoms with E-state index in [1.54, 1.807) is 12.0 Å². The fraction of sp³-hybridized carbons (Fsp3) is 0.636. The van der Waals surface area contributed by atoms with Crippen molar-refractivity contribution in [1.82, 2.24) is 9.97 Å². The summed E-state index contributed by atoms with van der Waals surface area (Å²) < 4.78 is 15.8. The lowest BCUT2D eigenvalue weighted by Gasteiger charge is -2.26. The summed E-state index contributed by atoms with van der Waals surface area (Å²) in [5, 5.41) is 2.94. The zero-order valence-electron chi connectivity index (χ0n) is 11.5. The highest BCUT2D eigenvalue weighted by Gasteiger charge is 2.30. The largest absolute Gasteiger partial charge is 0.385 e. The van der Waals surface area contributed by atoms with E-state index in [0.29, 0.717) is 31.4 Å². The van der Waals surface area contributed by atoms with Crippen LogP contribution in [0.4, 0.5) is 17.5 Å². The maximum Gasteiger partial charge on any atom is 0.277 e. The molecule has 1 unspecified atom stereocenters. The van der Waals surface area contributed by atoms with Crippen LogP contribution in [0, 0.1) is 0 Å². The normalized spacial score (nSPS) is 15.0. The van der Waals surface area contributed by atoms with Gasteiger partial charge in [-0.25, -0.2) is 0 Å². The van der Waals surface area contributed by atoms with Crippen molar-refractivity contribution in [2.45, 2.75) is 12.8 Å². The number of methoxy groups -OCH3 is 2. The molecule has 0 amide bonds. The van der Waals surface area contributed by atoms with Crippen LogP contribution < -0.4 is 21.5 Å². The molecular weight excluding hydrogens is 266 g/mol. The van der Waals surface area contributed by atoms with Gasteiger partial charge in [-0.1, -0.05) is 0 Å². The molecule has 0 aliphatic carbocycles. The Kier molecular flexibility index (Phi) is 4.77. The quantitative estimate of drug-likeness (QED) is 0.455. The number of hydrogen-bond acceptors (Lipinski definition) is 8. The first-order valence-corrected chi connectivity index (χ1v) is 6.21. The molecule has 112 valence electrons. The van der Waals surface area contributed by atoms with Crippen LogP contribution in [0.15, 0.2) is 4.79 Å². The van der Waals surface area contributed by atoms with Crippen LogP contribution in [0.1, 0.15) is 6.42 Å². The minimum absolute atomic E-state index is 0.0525. The van der Waals surface area contributed by atoms with Gasteiger partial charge in [-0.05, 0) is 6.42 Å². The predicted octanol–water partition coefficient (Wildman–Crippen LogP) is -0.475. The zero-order valence-corrected chi connectivity index (χ0v) is 11.5. The van der Waals surface area contributed by atoms with Gasteiger partial charge in [-0.15, -0.1) is 0 Å². The highest BCUT2D eigenvalue weighted by Crippen LogP contribution is 2.27. The Bertz CT molecular complexity index is 506. The molecule has 9 heteroatoms. The van der Waals surface area contributed by atoms with Crippen molar-refractivity contribution < 1.29 is 14.2 Å². The molecule has 0 spiro atoms. The molecule has 0 radical (unpaired) electrons. The minimum atomic E-state index is -0.644. The van der Waals surface area contributed by atoms with Gasteiger partial charge >= 0.3 is 0 Å². The van der Waals surface area contributed by atoms with Gasteiger partial charge in [0.25, 0.3) is 5.56 Å². The lowest BCUT2D eigenvalue weighted by atomic mass is 10.4. The Morgan fingerprint density at radius 2 is 2.25 bits per heavy atom. The van der Waals surface area contributed by atoms with E-state index in [2.05, 4.69) is 15.3 Å². The first kappa shape index (κ1) is 14.6. The number of hydrogen-bond donors (Lipinski definition) is 3. The average Bonchev–Trinajstić information content (AvgIpc) is 2.83. The Hall–Kier alpha value is -1.84. The van der Waals surface area contributed by atoms with E-state index in [9.17, 15) is 4.79 Å². The molecule has 1 aliphatic heterocycles. The molecule has 20 heavy (non-hydrogen) atoms. The number of nitrogens with zero attached hydrogens (tertiary/aromatic N) is 2. The Morgan fingerprint density at radius 1 is 1.45 bits per heavy atom. The second kappa shape index (κ2) is 6.55. The van der Waals surface area contributed by atoms with Crippen LogP contribution in [0.25, 0.3) is 0 Å². The van der Waals surface area contributed by atoms with Crippen LogP contribution in [0.3, 0.4) is 0 Å². The molecule has 2 rings (SSSR count). The highest BCUT2D eigenvalue weighted by molar-refractivity contribution is 5.70. The summed E-state index contributed by atoms with van der Waals surface area (Å²) in [5.74, 6) is 0.474. The number of nitrogen functional groups attached to an aromatic ring is 1. The first-order chi connectivity index (χ1) is 9.67. The molecule has 0 fully saturated rings. The lowest BCUT2D eigenvalue weighted by molar-refractivity contribution is -0.125. The Balaban J connectivity index is 2.08. The second-order valence-corrected chi connectivity index (χ2v) is 4.21. The number of ether oxygens (including phenoxy) is 3. The van der Waals surface area contributed by atoms with Crippen molar-refractivity contribution in [2.24, 2.45) is 0 Å². The standard InChI is InChI=1S/C11H19N5O4/c1-18-4-3-5-20-11(19-2)16-6-13-7-8(16)14-10(12)15-9(7)17/h11,13H,3-6H2,1-2H3,(H3,12,14,15,17). The monoisotopic (exact) mass is 285 g/mol. The Morgan fingerprint density at radius 3 is 2.95 bits per heavy atom. The number of aromatic amines is 1. The van der Waals surface area contributed by atoms with Gasteiger partial charge in [0, 0.05) is 20.8 Å². The molecule has 1 aliphatic rings. The first-order valence-electron chi connectivity index (χ1n) is 6.21. The van der Waals surface area contributed by atoms with Gasteiger partial charge in [0.15, 0.2) is 5.82 Å². The fourth-order valence-electron chi connectivity index (χ4n) is 1.93. The smallest absolute Gasteiger partial charge is 0.277 e. The molecule has 1 aromatic rings. The summed E-state index contributed by atoms with van der Waals surface area (Å²) in [7, 11) is 3.16. The zero-order chi connectivity index (χ0) is 14.5. The molecule has 0 saturated carbocycles. The summed E-state index contributed by atoms with van der Waals surface area (Å²) in [6.07, 6.45) is 0.101. The van der Waals surface area contributed by atoms with E-state index >= 15 is 0 Å². The number of rotatable bonds is 7. The van der Waals surface area contributed by atoms with Gasteiger partial charge < -0.3 is 25.3 Å². The summed E-state index contributed by atoms with van der Waals surface area (Å²) in [4.78, 5) is 20.0. The third kappa shape index (κ3) is 3.00. The lowest BCUT2D eigenvalue weighted by Crippen LogP contribution is -2.39. The minimum Gasteiger partial charge on any atom is -0.385 e. The molecule has 0 bridgehead atoms. The predicted molar refractivity (Wildman–Crippen MR) is 73.5 cm³/mol. The van der Waals surface area contributed by atoms with Crippen molar-refractivity contribution in [3.05, 3.63) is 10.4 Å². The van der Waals surface area contributed by atoms with Gasteiger partial charge in [0.2, 0.25) is 12.4 Å². The molecule has 9 nitrogen and oxygen atoms in total. The number of H-pyrrole nitrogens is 1. The van der Waals surface area contributed by atoms with Crippen molar-refractivity contribution >= 4 is 17.5 Å². The molecule has 1 atom stereocenters. The van der Waals surface area contributed by atoms with E-state index in [4.69, 9.17) is 19.9 Å². The second-order valence-electron chi connectivity index (χ2n) is 4.21. The van der Waals surface area contributed by atoms with E-state index < -0.39 is 6.41 Å². The highest BCUT2D eigenvalue weighted by atomic mass is 16.7. The maximum atomic E-state index is 11.7. The van der Waals surface area contributed by atoms with Crippen LogP contribution in [-0.2, 0) is 14.2 Å². The average molecular weight is 285 g/mol. The number of aromatic nitrogens is 2. The maximum absolute atomic E-state index is 11.7. The van der Waals surface area contributed by atoms with Gasteiger partial charge in [-0.3, -0.25) is 14.7 Å². The van der Waals surface area contributed by atoms with E-state index in [1.807, 2.05) is 0 Å². The number of nitrogens with one attached hydrogen (secondary N) is 2. The van der Waals surface area contributed by atoms with Gasteiger partial charge in [0.1, 0.15) is 5.69 Å². The molecular formula is C11H19N5O4. The molecule has 0 saturated heterocycles. The number of anilines is 3. The summed E-state index contributed by atoms with van der Waals surface area (Å²) in [6, 6.07) is 0. The van der Waals surface area contributed by atoms with Crippen molar-refractivity contribution in [2.75, 3.05) is 50.1 Å². The summed E-state index contributed by atoms with van der Waals surface area (Å²) in [6.45, 7) is 1.44. The third-order valence-electron chi connectivity index (χ3n) is 2.83. The van der Waals surface area contributed by atoms with E-state index in [1.165, 1.54) is 7.11 Å². The summed E-state index contributed by atoms with van der Waals surface area (Å²) >= 11 is 0. The van der Waals surface area contributed by atoms with E-state index in [-0.39, 0.29) is 11.5 Å². The molecule has 4 N–H and O–H groups in total. The summed E-state index contributed by atoms with van der Waals surface area (Å²) in [5.41, 5.74) is 5.60. The molecule has 0 aromatic carbocycles. The number of nitrogens with two attached hydrogens (primary N) is 1. The van der Waals surface area contributed by atoms with Crippen LogP contribution in [-0.4, -0.2) is 50.5 Å². The SMILES string of the molecule is COCCCOC(OC)N1CNc2c1nc(N)[nH]c2=O. The van der Waals surface area contributed by atoms with Crippen LogP contribution in [0.5, 0.6) is 0 Å². The number of fused-ring (bicyclic) bond motifs is 1.